The lowest BCUT2D eigenvalue weighted by Crippen LogP contribution is -2.05. The minimum absolute atomic E-state index is 0.0988. The number of nitrogens with zero attached hydrogens (tertiary/aromatic N) is 1. The van der Waals surface area contributed by atoms with Crippen LogP contribution in [0.25, 0.3) is 21.9 Å². The number of rotatable bonds is 3. The van der Waals surface area contributed by atoms with Crippen LogP contribution in [-0.2, 0) is 0 Å². The largest absolute Gasteiger partial charge is 0.459 e. The van der Waals surface area contributed by atoms with Crippen molar-refractivity contribution in [3.63, 3.8) is 0 Å². The highest BCUT2D eigenvalue weighted by Crippen LogP contribution is 2.27. The second kappa shape index (κ2) is 4.66. The minimum Gasteiger partial charge on any atom is -0.459 e. The van der Waals surface area contributed by atoms with Crippen LogP contribution in [0.1, 0.15) is 18.7 Å². The Labute approximate surface area is 121 Å². The molecule has 0 aliphatic rings. The van der Waals surface area contributed by atoms with Gasteiger partial charge in [0, 0.05) is 16.5 Å². The van der Waals surface area contributed by atoms with Crippen LogP contribution in [0.4, 0.5) is 5.69 Å². The Hall–Kier alpha value is -2.75. The monoisotopic (exact) mass is 277 g/mol. The summed E-state index contributed by atoms with van der Waals surface area (Å²) in [6, 6.07) is 16.4. The lowest BCUT2D eigenvalue weighted by Gasteiger charge is -2.12. The maximum absolute atomic E-state index is 5.89. The van der Waals surface area contributed by atoms with Gasteiger partial charge in [-0.1, -0.05) is 18.2 Å². The molecule has 0 spiro atoms. The van der Waals surface area contributed by atoms with E-state index < -0.39 is 0 Å². The summed E-state index contributed by atoms with van der Waals surface area (Å²) in [5.41, 5.74) is 3.01. The third kappa shape index (κ3) is 2.14. The molecule has 2 aromatic heterocycles. The molecule has 0 saturated carbocycles. The molecule has 0 aliphatic heterocycles. The first-order valence-electron chi connectivity index (χ1n) is 6.98. The van der Waals surface area contributed by atoms with E-state index in [-0.39, 0.29) is 6.04 Å². The van der Waals surface area contributed by atoms with E-state index in [1.54, 1.807) is 0 Å². The summed E-state index contributed by atoms with van der Waals surface area (Å²) in [7, 11) is 0. The lowest BCUT2D eigenvalue weighted by molar-refractivity contribution is 0.526. The standard InChI is InChI=1S/C17H15N3O/c1-11(17-9-12-4-2-3-5-16(12)21-17)19-14-6-7-15-13(8-14)10-18-20-15/h2-11,19H,1H3,(H,18,20). The summed E-state index contributed by atoms with van der Waals surface area (Å²) in [6.07, 6.45) is 1.83. The molecule has 0 fully saturated rings. The van der Waals surface area contributed by atoms with Crippen molar-refractivity contribution in [3.05, 3.63) is 60.5 Å². The molecule has 1 unspecified atom stereocenters. The van der Waals surface area contributed by atoms with Gasteiger partial charge in [-0.15, -0.1) is 0 Å². The van der Waals surface area contributed by atoms with Crippen molar-refractivity contribution in [2.75, 3.05) is 5.32 Å². The minimum atomic E-state index is 0.0988. The Morgan fingerprint density at radius 2 is 2.00 bits per heavy atom. The van der Waals surface area contributed by atoms with Gasteiger partial charge in [0.05, 0.1) is 17.8 Å². The Morgan fingerprint density at radius 3 is 2.90 bits per heavy atom. The molecule has 1 atom stereocenters. The van der Waals surface area contributed by atoms with Crippen LogP contribution in [0.2, 0.25) is 0 Å². The van der Waals surface area contributed by atoms with Gasteiger partial charge >= 0.3 is 0 Å². The van der Waals surface area contributed by atoms with Crippen LogP contribution in [-0.4, -0.2) is 10.2 Å². The Balaban J connectivity index is 1.63. The summed E-state index contributed by atoms with van der Waals surface area (Å²) in [5.74, 6) is 0.934. The Kier molecular flexibility index (Phi) is 2.67. The van der Waals surface area contributed by atoms with Crippen LogP contribution >= 0.6 is 0 Å². The second-order valence-corrected chi connectivity index (χ2v) is 5.22. The molecule has 2 heterocycles. The number of H-pyrrole nitrogens is 1. The fourth-order valence-corrected chi connectivity index (χ4v) is 2.57. The summed E-state index contributed by atoms with van der Waals surface area (Å²) >= 11 is 0. The normalized spacial score (nSPS) is 12.8. The van der Waals surface area contributed by atoms with E-state index in [4.69, 9.17) is 4.42 Å². The van der Waals surface area contributed by atoms with Gasteiger partial charge in [0.2, 0.25) is 0 Å². The van der Waals surface area contributed by atoms with Crippen LogP contribution in [0, 0.1) is 0 Å². The molecule has 104 valence electrons. The van der Waals surface area contributed by atoms with Crippen molar-refractivity contribution >= 4 is 27.6 Å². The molecule has 4 nitrogen and oxygen atoms in total. The van der Waals surface area contributed by atoms with Gasteiger partial charge in [-0.3, -0.25) is 5.10 Å². The molecule has 0 radical (unpaired) electrons. The average molecular weight is 277 g/mol. The smallest absolute Gasteiger partial charge is 0.134 e. The van der Waals surface area contributed by atoms with E-state index in [1.165, 1.54) is 0 Å². The van der Waals surface area contributed by atoms with Gasteiger partial charge in [0.1, 0.15) is 11.3 Å². The molecular formula is C17H15N3O. The van der Waals surface area contributed by atoms with Crippen molar-refractivity contribution < 1.29 is 4.42 Å². The van der Waals surface area contributed by atoms with Gasteiger partial charge in [-0.25, -0.2) is 0 Å². The molecule has 2 N–H and O–H groups in total. The Bertz CT molecular complexity index is 873. The number of benzene rings is 2. The van der Waals surface area contributed by atoms with Crippen molar-refractivity contribution in [3.8, 4) is 0 Å². The number of nitrogens with one attached hydrogen (secondary N) is 2. The van der Waals surface area contributed by atoms with Gasteiger partial charge in [-0.05, 0) is 37.3 Å². The SMILES string of the molecule is CC(Nc1ccc2[nH]ncc2c1)c1cc2ccccc2o1. The maximum atomic E-state index is 5.89. The molecule has 0 amide bonds. The highest BCUT2D eigenvalue weighted by atomic mass is 16.3. The number of anilines is 1. The molecule has 0 bridgehead atoms. The van der Waals surface area contributed by atoms with Crippen molar-refractivity contribution in [2.24, 2.45) is 0 Å². The number of aromatic nitrogens is 2. The van der Waals surface area contributed by atoms with E-state index in [1.807, 2.05) is 36.5 Å². The highest BCUT2D eigenvalue weighted by Gasteiger charge is 2.11. The molecule has 21 heavy (non-hydrogen) atoms. The second-order valence-electron chi connectivity index (χ2n) is 5.22. The third-order valence-electron chi connectivity index (χ3n) is 3.69. The predicted octanol–water partition coefficient (Wildman–Crippen LogP) is 4.48. The first-order valence-corrected chi connectivity index (χ1v) is 6.98. The zero-order valence-electron chi connectivity index (χ0n) is 11.6. The number of hydrogen-bond donors (Lipinski definition) is 2. The number of aromatic amines is 1. The molecule has 0 aliphatic carbocycles. The van der Waals surface area contributed by atoms with Crippen molar-refractivity contribution in [1.29, 1.82) is 0 Å². The van der Waals surface area contributed by atoms with Crippen LogP contribution in [0.5, 0.6) is 0 Å². The fraction of sp³-hybridized carbons (Fsp3) is 0.118. The van der Waals surface area contributed by atoms with E-state index in [0.717, 1.165) is 33.3 Å². The van der Waals surface area contributed by atoms with Crippen LogP contribution in [0.15, 0.2) is 59.1 Å². The van der Waals surface area contributed by atoms with E-state index >= 15 is 0 Å². The quantitative estimate of drug-likeness (QED) is 0.580. The fourth-order valence-electron chi connectivity index (χ4n) is 2.57. The molecule has 4 rings (SSSR count). The summed E-state index contributed by atoms with van der Waals surface area (Å²) < 4.78 is 5.89. The number of hydrogen-bond acceptors (Lipinski definition) is 3. The average Bonchev–Trinajstić information content (AvgIpc) is 3.13. The molecule has 2 aromatic carbocycles. The maximum Gasteiger partial charge on any atom is 0.134 e. The summed E-state index contributed by atoms with van der Waals surface area (Å²) in [4.78, 5) is 0. The van der Waals surface area contributed by atoms with Crippen molar-refractivity contribution in [2.45, 2.75) is 13.0 Å². The van der Waals surface area contributed by atoms with E-state index in [2.05, 4.69) is 40.6 Å². The zero-order valence-corrected chi connectivity index (χ0v) is 11.6. The molecule has 0 saturated heterocycles. The predicted molar refractivity (Wildman–Crippen MR) is 84.3 cm³/mol. The van der Waals surface area contributed by atoms with Crippen LogP contribution in [0.3, 0.4) is 0 Å². The van der Waals surface area contributed by atoms with E-state index in [0.29, 0.717) is 0 Å². The van der Waals surface area contributed by atoms with Crippen LogP contribution < -0.4 is 5.32 Å². The van der Waals surface area contributed by atoms with Gasteiger partial charge in [0.15, 0.2) is 0 Å². The van der Waals surface area contributed by atoms with E-state index in [9.17, 15) is 0 Å². The Morgan fingerprint density at radius 1 is 1.10 bits per heavy atom. The van der Waals surface area contributed by atoms with Gasteiger partial charge < -0.3 is 9.73 Å². The first kappa shape index (κ1) is 12.0. The third-order valence-corrected chi connectivity index (χ3v) is 3.69. The lowest BCUT2D eigenvalue weighted by atomic mass is 10.2. The molecule has 4 heteroatoms. The highest BCUT2D eigenvalue weighted by molar-refractivity contribution is 5.82. The summed E-state index contributed by atoms with van der Waals surface area (Å²) in [5, 5.41) is 12.7. The number of fused-ring (bicyclic) bond motifs is 2. The summed E-state index contributed by atoms with van der Waals surface area (Å²) in [6.45, 7) is 2.09. The number of furan rings is 1. The topological polar surface area (TPSA) is 53.9 Å². The molecule has 4 aromatic rings. The van der Waals surface area contributed by atoms with Gasteiger partial charge in [-0.2, -0.15) is 5.10 Å². The molecular weight excluding hydrogens is 262 g/mol. The first-order chi connectivity index (χ1) is 10.3. The number of para-hydroxylation sites is 1. The van der Waals surface area contributed by atoms with Crippen molar-refractivity contribution in [1.82, 2.24) is 10.2 Å². The van der Waals surface area contributed by atoms with Gasteiger partial charge in [0.25, 0.3) is 0 Å². The zero-order chi connectivity index (χ0) is 14.2.